The van der Waals surface area contributed by atoms with Gasteiger partial charge >= 0.3 is 27.6 Å². The molecule has 0 fully saturated rings. The van der Waals surface area contributed by atoms with Crippen molar-refractivity contribution in [3.05, 3.63) is 112 Å². The predicted molar refractivity (Wildman–Crippen MR) is 148 cm³/mol. The number of nitrogens with zero attached hydrogens (tertiary/aromatic N) is 3. The maximum atomic E-state index is 13.5. The van der Waals surface area contributed by atoms with E-state index in [9.17, 15) is 62.3 Å². The average molecular weight is 769 g/mol. The summed E-state index contributed by atoms with van der Waals surface area (Å²) in [6.07, 6.45) is 1.88. The number of esters is 2. The number of benzene rings is 2. The summed E-state index contributed by atoms with van der Waals surface area (Å²) in [5, 5.41) is 0. The van der Waals surface area contributed by atoms with Gasteiger partial charge in [-0.3, -0.25) is 9.04 Å². The van der Waals surface area contributed by atoms with E-state index in [0.717, 1.165) is 24.5 Å². The Labute approximate surface area is 277 Å². The third-order valence-electron chi connectivity index (χ3n) is 5.46. The highest BCUT2D eigenvalue weighted by Crippen LogP contribution is 2.28. The molecule has 0 spiro atoms. The molecule has 23 heteroatoms. The van der Waals surface area contributed by atoms with Crippen LogP contribution in [0.1, 0.15) is 20.7 Å². The van der Waals surface area contributed by atoms with Crippen LogP contribution >= 0.6 is 0 Å². The van der Waals surface area contributed by atoms with Crippen LogP contribution in [-0.2, 0) is 10.1 Å². The van der Waals surface area contributed by atoms with Crippen LogP contribution in [0.25, 0.3) is 0 Å². The summed E-state index contributed by atoms with van der Waals surface area (Å²) in [5.41, 5.74) is -6.01. The van der Waals surface area contributed by atoms with Gasteiger partial charge < -0.3 is 9.47 Å². The quantitative estimate of drug-likeness (QED) is 0.0356. The van der Waals surface area contributed by atoms with Crippen molar-refractivity contribution in [1.29, 1.82) is 0 Å². The van der Waals surface area contributed by atoms with Crippen LogP contribution in [0.2, 0.25) is 0 Å². The lowest BCUT2D eigenvalue weighted by Crippen LogP contribution is -2.35. The normalized spacial score (nSPS) is 11.5. The number of aromatic nitrogens is 2. The highest BCUT2D eigenvalue weighted by Gasteiger charge is 2.44. The first-order valence-corrected chi connectivity index (χ1v) is 14.2. The van der Waals surface area contributed by atoms with E-state index in [1.54, 1.807) is 0 Å². The molecule has 4 rings (SSSR count). The van der Waals surface area contributed by atoms with Gasteiger partial charge in [0.1, 0.15) is 0 Å². The van der Waals surface area contributed by atoms with E-state index in [1.807, 2.05) is 21.1 Å². The van der Waals surface area contributed by atoms with Crippen LogP contribution in [0.15, 0.2) is 48.8 Å². The molecule has 1 N–H and O–H groups in total. The standard InChI is InChI=1S/C15H13F4N2O2.C12H4F5NO2.CHF3O3S/c1-21(2,3)11-5-4-8(7-20-11)15(22)23-14-12(18)9(16)6-10(17)13(14)19;13-6-3-7(14)10(17)11(9(6)16)20-12(19)5-1-2-8(15)18-4-5;2-1(3,4)8(5,6)7/h4-7H,1-3H3;1-4H;(H,5,6,7)/q+1;;. The Bertz CT molecular complexity index is 1970. The number of rotatable bonds is 5. The smallest absolute Gasteiger partial charge is 0.416 e. The maximum absolute atomic E-state index is 13.5. The Morgan fingerprint density at radius 1 is 0.647 bits per heavy atom. The lowest BCUT2D eigenvalue weighted by Gasteiger charge is -2.21. The Hall–Kier alpha value is -5.29. The van der Waals surface area contributed by atoms with Gasteiger partial charge in [0.15, 0.2) is 23.3 Å². The first-order valence-electron chi connectivity index (χ1n) is 12.8. The minimum Gasteiger partial charge on any atom is -0.416 e. The van der Waals surface area contributed by atoms with Crippen LogP contribution in [0, 0.1) is 52.5 Å². The van der Waals surface area contributed by atoms with Gasteiger partial charge in [-0.2, -0.15) is 43.5 Å². The lowest BCUT2D eigenvalue weighted by atomic mass is 10.2. The summed E-state index contributed by atoms with van der Waals surface area (Å²) in [7, 11) is -0.297. The molecule has 0 radical (unpaired) electrons. The van der Waals surface area contributed by atoms with Crippen molar-refractivity contribution >= 4 is 27.9 Å². The number of carbonyl (C=O) groups is 2. The zero-order chi connectivity index (χ0) is 39.2. The van der Waals surface area contributed by atoms with E-state index < -0.39 is 91.5 Å². The summed E-state index contributed by atoms with van der Waals surface area (Å²) >= 11 is 0. The van der Waals surface area contributed by atoms with E-state index in [4.69, 9.17) is 13.0 Å². The molecule has 0 saturated carbocycles. The largest absolute Gasteiger partial charge is 0.522 e. The van der Waals surface area contributed by atoms with Gasteiger partial charge in [-0.25, -0.2) is 37.1 Å². The van der Waals surface area contributed by atoms with Crippen molar-refractivity contribution in [2.24, 2.45) is 0 Å². The second-order valence-electron chi connectivity index (χ2n) is 10.1. The molecule has 0 unspecified atom stereocenters. The van der Waals surface area contributed by atoms with Crippen molar-refractivity contribution in [2.75, 3.05) is 21.1 Å². The minimum absolute atomic E-state index is 0.0263. The molecule has 0 aliphatic rings. The zero-order valence-corrected chi connectivity index (χ0v) is 26.1. The number of halogens is 12. The van der Waals surface area contributed by atoms with E-state index in [1.165, 1.54) is 12.1 Å². The van der Waals surface area contributed by atoms with Crippen LogP contribution in [0.3, 0.4) is 0 Å². The van der Waals surface area contributed by atoms with Crippen molar-refractivity contribution in [3.8, 4) is 11.5 Å². The van der Waals surface area contributed by atoms with E-state index in [-0.39, 0.29) is 23.3 Å². The lowest BCUT2D eigenvalue weighted by molar-refractivity contribution is -0.0510. The summed E-state index contributed by atoms with van der Waals surface area (Å²) in [5.74, 6) is -19.8. The second kappa shape index (κ2) is 16.2. The fraction of sp³-hybridized carbons (Fsp3) is 0.143. The van der Waals surface area contributed by atoms with Gasteiger partial charge in [-0.1, -0.05) is 0 Å². The summed E-state index contributed by atoms with van der Waals surface area (Å²) in [4.78, 5) is 30.5. The van der Waals surface area contributed by atoms with E-state index in [2.05, 4.69) is 19.4 Å². The molecule has 0 aliphatic carbocycles. The van der Waals surface area contributed by atoms with Gasteiger partial charge in [-0.15, -0.1) is 0 Å². The Morgan fingerprint density at radius 2 is 0.980 bits per heavy atom. The molecule has 0 bridgehead atoms. The van der Waals surface area contributed by atoms with Crippen LogP contribution in [0.4, 0.5) is 58.5 Å². The van der Waals surface area contributed by atoms with Gasteiger partial charge in [-0.05, 0) is 18.2 Å². The molecule has 2 aromatic heterocycles. The fourth-order valence-corrected chi connectivity index (χ4v) is 2.99. The summed E-state index contributed by atoms with van der Waals surface area (Å²) in [6.45, 7) is 0. The summed E-state index contributed by atoms with van der Waals surface area (Å²) in [6, 6.07) is 4.59. The van der Waals surface area contributed by atoms with E-state index >= 15 is 0 Å². The van der Waals surface area contributed by atoms with Gasteiger partial charge in [0.25, 0.3) is 0 Å². The van der Waals surface area contributed by atoms with Crippen LogP contribution in [0.5, 0.6) is 11.5 Å². The van der Waals surface area contributed by atoms with Crippen LogP contribution < -0.4 is 14.0 Å². The summed E-state index contributed by atoms with van der Waals surface area (Å²) < 4.78 is 184. The highest BCUT2D eigenvalue weighted by molar-refractivity contribution is 7.86. The number of quaternary nitrogens is 1. The first kappa shape index (κ1) is 41.9. The van der Waals surface area contributed by atoms with Crippen LogP contribution in [-0.4, -0.2) is 61.5 Å². The third-order valence-corrected chi connectivity index (χ3v) is 6.04. The molecule has 2 aromatic carbocycles. The second-order valence-corrected chi connectivity index (χ2v) is 11.5. The average Bonchev–Trinajstić information content (AvgIpc) is 3.02. The molecule has 0 aliphatic heterocycles. The Morgan fingerprint density at radius 3 is 1.24 bits per heavy atom. The van der Waals surface area contributed by atoms with E-state index in [0.29, 0.717) is 10.3 Å². The number of ether oxygens (including phenoxy) is 2. The highest BCUT2D eigenvalue weighted by atomic mass is 32.2. The SMILES string of the molecule is C[N+](C)(C)c1ccc(C(=O)Oc2c(F)c(F)cc(F)c2F)cn1.O=C(Oc1c(F)c(F)cc(F)c1F)c1ccc(F)nc1.O=S(=O)(O)C(F)(F)F. The fourth-order valence-electron chi connectivity index (χ4n) is 2.99. The maximum Gasteiger partial charge on any atom is 0.522 e. The molecule has 2 heterocycles. The van der Waals surface area contributed by atoms with Crippen molar-refractivity contribution in [1.82, 2.24) is 14.5 Å². The minimum atomic E-state index is -5.84. The third kappa shape index (κ3) is 11.1. The predicted octanol–water partition coefficient (Wildman–Crippen LogP) is 6.44. The van der Waals surface area contributed by atoms with Gasteiger partial charge in [0.05, 0.1) is 32.3 Å². The molecule has 276 valence electrons. The number of carbonyl (C=O) groups excluding carboxylic acids is 2. The van der Waals surface area contributed by atoms with Crippen molar-refractivity contribution < 1.29 is 84.7 Å². The molecule has 0 saturated heterocycles. The van der Waals surface area contributed by atoms with Gasteiger partial charge in [0, 0.05) is 30.6 Å². The molecule has 10 nitrogen and oxygen atoms in total. The molecule has 51 heavy (non-hydrogen) atoms. The molecule has 0 amide bonds. The number of hydrogen-bond donors (Lipinski definition) is 1. The van der Waals surface area contributed by atoms with Crippen molar-refractivity contribution in [2.45, 2.75) is 5.51 Å². The number of alkyl halides is 3. The monoisotopic (exact) mass is 768 g/mol. The number of hydrogen-bond acceptors (Lipinski definition) is 8. The number of pyridine rings is 2. The molecular formula is C28H18F12N3O7S+. The topological polar surface area (TPSA) is 133 Å². The first-order chi connectivity index (χ1) is 23.3. The zero-order valence-electron chi connectivity index (χ0n) is 25.3. The van der Waals surface area contributed by atoms with Crippen molar-refractivity contribution in [3.63, 3.8) is 0 Å². The van der Waals surface area contributed by atoms with Gasteiger partial charge in [0.2, 0.25) is 46.5 Å². The molecular weight excluding hydrogens is 750 g/mol. The Balaban J connectivity index is 0.000000294. The molecule has 0 atom stereocenters. The Kier molecular flexibility index (Phi) is 13.3. The molecule has 4 aromatic rings.